The first-order valence-corrected chi connectivity index (χ1v) is 6.77. The maximum Gasteiger partial charge on any atom is 0.278 e. The summed E-state index contributed by atoms with van der Waals surface area (Å²) in [5, 5.41) is 9.81. The van der Waals surface area contributed by atoms with Gasteiger partial charge in [-0.3, -0.25) is 0 Å². The highest BCUT2D eigenvalue weighted by Gasteiger charge is 2.13. The van der Waals surface area contributed by atoms with Gasteiger partial charge in [-0.15, -0.1) is 0 Å². The smallest absolute Gasteiger partial charge is 0.278 e. The van der Waals surface area contributed by atoms with E-state index in [1.807, 2.05) is 30.3 Å². The van der Waals surface area contributed by atoms with Crippen LogP contribution in [0.25, 0.3) is 0 Å². The average Bonchev–Trinajstić information content (AvgIpc) is 2.29. The van der Waals surface area contributed by atoms with Crippen LogP contribution >= 0.6 is 0 Å². The van der Waals surface area contributed by atoms with E-state index >= 15 is 0 Å². The summed E-state index contributed by atoms with van der Waals surface area (Å²) in [4.78, 5) is 0. The summed E-state index contributed by atoms with van der Waals surface area (Å²) >= 11 is 0. The van der Waals surface area contributed by atoms with Gasteiger partial charge < -0.3 is 5.11 Å². The third-order valence-corrected chi connectivity index (χ3v) is 3.90. The predicted octanol–water partition coefficient (Wildman–Crippen LogP) is 0.506. The number of nitrogens with zero attached hydrogens (tertiary/aromatic N) is 1. The van der Waals surface area contributed by atoms with Crippen molar-refractivity contribution in [2.24, 2.45) is 0 Å². The number of benzene rings is 1. The maximum atomic E-state index is 11.4. The number of aliphatic hydroxyl groups is 1. The zero-order valence-electron chi connectivity index (χ0n) is 10.00. The SMILES string of the molecule is CN(C)S(=O)(=O)NCCC(O)c1ccccc1. The summed E-state index contributed by atoms with van der Waals surface area (Å²) < 4.78 is 26.3. The number of nitrogens with one attached hydrogen (secondary N) is 1. The second-order valence-electron chi connectivity index (χ2n) is 3.90. The van der Waals surface area contributed by atoms with E-state index in [4.69, 9.17) is 0 Å². The van der Waals surface area contributed by atoms with Gasteiger partial charge in [0.2, 0.25) is 0 Å². The molecule has 0 heterocycles. The van der Waals surface area contributed by atoms with Crippen LogP contribution in [0.3, 0.4) is 0 Å². The molecule has 0 saturated carbocycles. The highest BCUT2D eigenvalue weighted by molar-refractivity contribution is 7.87. The van der Waals surface area contributed by atoms with Gasteiger partial charge >= 0.3 is 0 Å². The first kappa shape index (κ1) is 14.1. The number of rotatable bonds is 6. The quantitative estimate of drug-likeness (QED) is 0.781. The van der Waals surface area contributed by atoms with Gasteiger partial charge in [0.05, 0.1) is 6.10 Å². The largest absolute Gasteiger partial charge is 0.388 e. The molecule has 0 bridgehead atoms. The molecule has 17 heavy (non-hydrogen) atoms. The molecule has 0 saturated heterocycles. The molecule has 1 rings (SSSR count). The van der Waals surface area contributed by atoms with Gasteiger partial charge in [-0.2, -0.15) is 12.7 Å². The number of hydrogen-bond acceptors (Lipinski definition) is 3. The first-order valence-electron chi connectivity index (χ1n) is 5.33. The molecule has 1 unspecified atom stereocenters. The second kappa shape index (κ2) is 6.11. The third-order valence-electron chi connectivity index (χ3n) is 2.37. The molecule has 0 aliphatic rings. The fraction of sp³-hybridized carbons (Fsp3) is 0.455. The summed E-state index contributed by atoms with van der Waals surface area (Å²) in [6, 6.07) is 9.16. The van der Waals surface area contributed by atoms with E-state index in [-0.39, 0.29) is 6.54 Å². The molecule has 5 nitrogen and oxygen atoms in total. The molecule has 0 spiro atoms. The van der Waals surface area contributed by atoms with Gasteiger partial charge in [0, 0.05) is 20.6 Å². The molecular weight excluding hydrogens is 240 g/mol. The second-order valence-corrected chi connectivity index (χ2v) is 5.87. The lowest BCUT2D eigenvalue weighted by atomic mass is 10.1. The van der Waals surface area contributed by atoms with E-state index in [0.29, 0.717) is 6.42 Å². The van der Waals surface area contributed by atoms with Crippen molar-refractivity contribution in [3.63, 3.8) is 0 Å². The Morgan fingerprint density at radius 1 is 1.29 bits per heavy atom. The Bertz CT molecular complexity index is 431. The van der Waals surface area contributed by atoms with Gasteiger partial charge in [0.15, 0.2) is 0 Å². The maximum absolute atomic E-state index is 11.4. The Morgan fingerprint density at radius 3 is 2.41 bits per heavy atom. The minimum Gasteiger partial charge on any atom is -0.388 e. The molecule has 0 aliphatic carbocycles. The molecule has 0 fully saturated rings. The van der Waals surface area contributed by atoms with E-state index < -0.39 is 16.3 Å². The Hall–Kier alpha value is -0.950. The van der Waals surface area contributed by atoms with Crippen LogP contribution in [-0.2, 0) is 10.2 Å². The van der Waals surface area contributed by atoms with Crippen molar-refractivity contribution in [2.75, 3.05) is 20.6 Å². The lowest BCUT2D eigenvalue weighted by Gasteiger charge is -2.14. The molecule has 96 valence electrons. The molecule has 2 N–H and O–H groups in total. The van der Waals surface area contributed by atoms with Gasteiger partial charge in [-0.25, -0.2) is 4.72 Å². The van der Waals surface area contributed by atoms with Crippen LogP contribution < -0.4 is 4.72 Å². The molecule has 1 aromatic rings. The summed E-state index contributed by atoms with van der Waals surface area (Å²) in [6.07, 6.45) is -0.307. The van der Waals surface area contributed by atoms with Crippen molar-refractivity contribution >= 4 is 10.2 Å². The monoisotopic (exact) mass is 258 g/mol. The van der Waals surface area contributed by atoms with Crippen molar-refractivity contribution in [3.8, 4) is 0 Å². The molecule has 1 atom stereocenters. The van der Waals surface area contributed by atoms with E-state index in [1.165, 1.54) is 14.1 Å². The molecule has 6 heteroatoms. The van der Waals surface area contributed by atoms with E-state index in [1.54, 1.807) is 0 Å². The van der Waals surface area contributed by atoms with Crippen LogP contribution in [0.2, 0.25) is 0 Å². The van der Waals surface area contributed by atoms with Gasteiger partial charge in [0.1, 0.15) is 0 Å². The lowest BCUT2D eigenvalue weighted by Crippen LogP contribution is -2.36. The topological polar surface area (TPSA) is 69.6 Å². The minimum atomic E-state index is -3.40. The van der Waals surface area contributed by atoms with Gasteiger partial charge in [-0.1, -0.05) is 30.3 Å². The zero-order valence-corrected chi connectivity index (χ0v) is 10.8. The molecule has 1 aromatic carbocycles. The number of hydrogen-bond donors (Lipinski definition) is 2. The van der Waals surface area contributed by atoms with E-state index in [2.05, 4.69) is 4.72 Å². The van der Waals surface area contributed by atoms with Gasteiger partial charge in [0.25, 0.3) is 10.2 Å². The Morgan fingerprint density at radius 2 is 1.88 bits per heavy atom. The molecule has 0 amide bonds. The van der Waals surface area contributed by atoms with Crippen LogP contribution in [0.5, 0.6) is 0 Å². The van der Waals surface area contributed by atoms with Crippen LogP contribution in [0.1, 0.15) is 18.1 Å². The van der Waals surface area contributed by atoms with Crippen molar-refractivity contribution in [1.82, 2.24) is 9.03 Å². The van der Waals surface area contributed by atoms with Crippen molar-refractivity contribution in [2.45, 2.75) is 12.5 Å². The fourth-order valence-electron chi connectivity index (χ4n) is 1.30. The van der Waals surface area contributed by atoms with Crippen LogP contribution in [0.4, 0.5) is 0 Å². The lowest BCUT2D eigenvalue weighted by molar-refractivity contribution is 0.169. The first-order chi connectivity index (χ1) is 7.93. The standard InChI is InChI=1S/C11H18N2O3S/c1-13(2)17(15,16)12-9-8-11(14)10-6-4-3-5-7-10/h3-7,11-12,14H,8-9H2,1-2H3. The predicted molar refractivity (Wildman–Crippen MR) is 66.6 cm³/mol. The summed E-state index contributed by atoms with van der Waals surface area (Å²) in [7, 11) is -0.495. The Labute approximate surface area is 102 Å². The molecular formula is C11H18N2O3S. The Kier molecular flexibility index (Phi) is 5.07. The normalized spacial score (nSPS) is 13.9. The highest BCUT2D eigenvalue weighted by atomic mass is 32.2. The van der Waals surface area contributed by atoms with Crippen molar-refractivity contribution < 1.29 is 13.5 Å². The molecule has 0 aromatic heterocycles. The van der Waals surface area contributed by atoms with Gasteiger partial charge in [-0.05, 0) is 12.0 Å². The summed E-state index contributed by atoms with van der Waals surface area (Å²) in [5.74, 6) is 0. The van der Waals surface area contributed by atoms with E-state index in [9.17, 15) is 13.5 Å². The van der Waals surface area contributed by atoms with Crippen LogP contribution in [0.15, 0.2) is 30.3 Å². The summed E-state index contributed by atoms with van der Waals surface area (Å²) in [5.41, 5.74) is 0.788. The fourth-order valence-corrected chi connectivity index (χ4v) is 1.93. The average molecular weight is 258 g/mol. The minimum absolute atomic E-state index is 0.205. The molecule has 0 radical (unpaired) electrons. The highest BCUT2D eigenvalue weighted by Crippen LogP contribution is 2.14. The van der Waals surface area contributed by atoms with Crippen molar-refractivity contribution in [1.29, 1.82) is 0 Å². The van der Waals surface area contributed by atoms with Crippen molar-refractivity contribution in [3.05, 3.63) is 35.9 Å². The summed E-state index contributed by atoms with van der Waals surface area (Å²) in [6.45, 7) is 0.205. The molecule has 0 aliphatic heterocycles. The van der Waals surface area contributed by atoms with E-state index in [0.717, 1.165) is 9.87 Å². The zero-order chi connectivity index (χ0) is 12.9. The van der Waals surface area contributed by atoms with Crippen LogP contribution in [0, 0.1) is 0 Å². The Balaban J connectivity index is 2.43. The third kappa shape index (κ3) is 4.43. The van der Waals surface area contributed by atoms with Crippen LogP contribution in [-0.4, -0.2) is 38.5 Å². The number of aliphatic hydroxyl groups excluding tert-OH is 1.